The quantitative estimate of drug-likeness (QED) is 0.640. The smallest absolute Gasteiger partial charge is 0.260 e. The van der Waals surface area contributed by atoms with Crippen LogP contribution in [0.1, 0.15) is 20.8 Å². The summed E-state index contributed by atoms with van der Waals surface area (Å²) < 4.78 is 0. The van der Waals surface area contributed by atoms with Crippen molar-refractivity contribution in [2.24, 2.45) is 10.5 Å². The summed E-state index contributed by atoms with van der Waals surface area (Å²) >= 11 is 6.05. The number of hydrogen-bond acceptors (Lipinski definition) is 5. The summed E-state index contributed by atoms with van der Waals surface area (Å²) in [7, 11) is 0. The van der Waals surface area contributed by atoms with E-state index >= 15 is 0 Å². The highest BCUT2D eigenvalue weighted by Gasteiger charge is 2.42. The Kier molecular flexibility index (Phi) is 4.80. The lowest BCUT2D eigenvalue weighted by atomic mass is 9.88. The number of hydrogen-bond donors (Lipinski definition) is 1. The first kappa shape index (κ1) is 19.1. The molecule has 0 saturated carbocycles. The molecular weight excluding hydrogens is 386 g/mol. The van der Waals surface area contributed by atoms with Crippen LogP contribution in [0.2, 0.25) is 5.02 Å². The van der Waals surface area contributed by atoms with Gasteiger partial charge in [0.1, 0.15) is 5.82 Å². The summed E-state index contributed by atoms with van der Waals surface area (Å²) in [5.74, 6) is 1.10. The van der Waals surface area contributed by atoms with Crippen LogP contribution in [-0.4, -0.2) is 21.6 Å². The van der Waals surface area contributed by atoms with Gasteiger partial charge in [-0.2, -0.15) is 10.1 Å². The van der Waals surface area contributed by atoms with Crippen molar-refractivity contribution in [3.8, 4) is 11.1 Å². The van der Waals surface area contributed by atoms with Crippen LogP contribution in [0.25, 0.3) is 11.1 Å². The van der Waals surface area contributed by atoms with Crippen LogP contribution in [0, 0.1) is 5.41 Å². The highest BCUT2D eigenvalue weighted by atomic mass is 35.5. The Morgan fingerprint density at radius 3 is 2.41 bits per heavy atom. The number of amides is 1. The minimum absolute atomic E-state index is 0.0855. The Labute approximate surface area is 174 Å². The van der Waals surface area contributed by atoms with Crippen LogP contribution in [0.3, 0.4) is 0 Å². The number of nitrogens with zero attached hydrogens (tertiary/aromatic N) is 4. The maximum atomic E-state index is 12.7. The van der Waals surface area contributed by atoms with E-state index in [0.717, 1.165) is 22.5 Å². The SMILES string of the molecule is CC1=NN(c2cc(-c3ccnc(Nc4cccc(Cl)c4)c3)ccn2)C(=O)C1(C)C. The standard InChI is InChI=1S/C22H20ClN5O/c1-14-22(2,3)21(29)28(27-14)20-12-16(8-10-25-20)15-7-9-24-19(11-15)26-18-6-4-5-17(23)13-18/h4-13H,1-3H3,(H,24,26). The molecule has 1 amide bonds. The zero-order valence-corrected chi connectivity index (χ0v) is 17.1. The maximum Gasteiger partial charge on any atom is 0.260 e. The first-order valence-electron chi connectivity index (χ1n) is 9.20. The number of hydrazone groups is 1. The third-order valence-electron chi connectivity index (χ3n) is 5.03. The van der Waals surface area contributed by atoms with Crippen LogP contribution < -0.4 is 10.3 Å². The molecule has 0 radical (unpaired) electrons. The summed E-state index contributed by atoms with van der Waals surface area (Å²) in [4.78, 5) is 21.4. The molecule has 146 valence electrons. The molecular formula is C22H20ClN5O. The second-order valence-corrected chi connectivity index (χ2v) is 7.83. The van der Waals surface area contributed by atoms with Crippen molar-refractivity contribution < 1.29 is 4.79 Å². The van der Waals surface area contributed by atoms with Gasteiger partial charge in [0.25, 0.3) is 5.91 Å². The summed E-state index contributed by atoms with van der Waals surface area (Å²) in [5, 5.41) is 9.69. The van der Waals surface area contributed by atoms with E-state index in [-0.39, 0.29) is 5.91 Å². The average molecular weight is 406 g/mol. The van der Waals surface area contributed by atoms with E-state index in [4.69, 9.17) is 11.6 Å². The third kappa shape index (κ3) is 3.71. The molecule has 1 aliphatic heterocycles. The van der Waals surface area contributed by atoms with E-state index in [2.05, 4.69) is 20.4 Å². The third-order valence-corrected chi connectivity index (χ3v) is 5.27. The molecule has 1 aromatic carbocycles. The highest BCUT2D eigenvalue weighted by Crippen LogP contribution is 2.33. The van der Waals surface area contributed by atoms with Crippen molar-refractivity contribution in [2.45, 2.75) is 20.8 Å². The van der Waals surface area contributed by atoms with Gasteiger partial charge in [0.05, 0.1) is 11.1 Å². The normalized spacial score (nSPS) is 15.4. The highest BCUT2D eigenvalue weighted by molar-refractivity contribution is 6.30. The van der Waals surface area contributed by atoms with E-state index in [0.29, 0.717) is 16.7 Å². The van der Waals surface area contributed by atoms with Gasteiger partial charge < -0.3 is 5.32 Å². The molecule has 29 heavy (non-hydrogen) atoms. The molecule has 7 heteroatoms. The molecule has 1 aliphatic rings. The number of halogens is 1. The fourth-order valence-corrected chi connectivity index (χ4v) is 3.19. The number of anilines is 3. The predicted molar refractivity (Wildman–Crippen MR) is 117 cm³/mol. The number of pyridine rings is 2. The fraction of sp³-hybridized carbons (Fsp3) is 0.182. The Bertz CT molecular complexity index is 1130. The van der Waals surface area contributed by atoms with Crippen LogP contribution in [0.15, 0.2) is 66.0 Å². The first-order chi connectivity index (χ1) is 13.8. The van der Waals surface area contributed by atoms with Crippen molar-refractivity contribution in [2.75, 3.05) is 10.3 Å². The molecule has 0 bridgehead atoms. The molecule has 4 rings (SSSR count). The Hall–Kier alpha value is -3.25. The lowest BCUT2D eigenvalue weighted by Gasteiger charge is -2.18. The Morgan fingerprint density at radius 1 is 1.00 bits per heavy atom. The second-order valence-electron chi connectivity index (χ2n) is 7.40. The van der Waals surface area contributed by atoms with E-state index in [1.165, 1.54) is 5.01 Å². The molecule has 0 saturated heterocycles. The average Bonchev–Trinajstić information content (AvgIpc) is 2.91. The zero-order chi connectivity index (χ0) is 20.6. The van der Waals surface area contributed by atoms with Crippen molar-refractivity contribution in [3.63, 3.8) is 0 Å². The molecule has 0 atom stereocenters. The van der Waals surface area contributed by atoms with Gasteiger partial charge >= 0.3 is 0 Å². The van der Waals surface area contributed by atoms with Gasteiger partial charge in [-0.05, 0) is 74.4 Å². The summed E-state index contributed by atoms with van der Waals surface area (Å²) in [5.41, 5.74) is 2.86. The molecule has 0 aliphatic carbocycles. The fourth-order valence-electron chi connectivity index (χ4n) is 3.00. The Balaban J connectivity index is 1.63. The summed E-state index contributed by atoms with van der Waals surface area (Å²) in [6.45, 7) is 5.60. The molecule has 0 unspecified atom stereocenters. The number of rotatable bonds is 4. The van der Waals surface area contributed by atoms with Gasteiger partial charge in [-0.1, -0.05) is 17.7 Å². The second kappa shape index (κ2) is 7.29. The van der Waals surface area contributed by atoms with E-state index in [1.54, 1.807) is 12.4 Å². The van der Waals surface area contributed by atoms with Gasteiger partial charge in [0.15, 0.2) is 5.82 Å². The molecule has 3 aromatic rings. The lowest BCUT2D eigenvalue weighted by molar-refractivity contribution is -0.122. The van der Waals surface area contributed by atoms with Gasteiger partial charge in [0, 0.05) is 23.1 Å². The van der Waals surface area contributed by atoms with Crippen molar-refractivity contribution in [1.82, 2.24) is 9.97 Å². The molecule has 6 nitrogen and oxygen atoms in total. The van der Waals surface area contributed by atoms with Crippen molar-refractivity contribution in [1.29, 1.82) is 0 Å². The van der Waals surface area contributed by atoms with E-state index in [9.17, 15) is 4.79 Å². The largest absolute Gasteiger partial charge is 0.340 e. The van der Waals surface area contributed by atoms with Gasteiger partial charge in [-0.3, -0.25) is 4.79 Å². The molecule has 1 N–H and O–H groups in total. The van der Waals surface area contributed by atoms with E-state index in [1.807, 2.05) is 69.3 Å². The summed E-state index contributed by atoms with van der Waals surface area (Å²) in [6.07, 6.45) is 3.41. The minimum atomic E-state index is -0.623. The predicted octanol–water partition coefficient (Wildman–Crippen LogP) is 5.29. The van der Waals surface area contributed by atoms with Crippen molar-refractivity contribution in [3.05, 3.63) is 65.9 Å². The molecule has 2 aromatic heterocycles. The minimum Gasteiger partial charge on any atom is -0.340 e. The van der Waals surface area contributed by atoms with Crippen molar-refractivity contribution >= 4 is 40.5 Å². The summed E-state index contributed by atoms with van der Waals surface area (Å²) in [6, 6.07) is 15.0. The number of carbonyl (C=O) groups excluding carboxylic acids is 1. The lowest BCUT2D eigenvalue weighted by Crippen LogP contribution is -2.34. The molecule has 0 spiro atoms. The topological polar surface area (TPSA) is 70.5 Å². The zero-order valence-electron chi connectivity index (χ0n) is 16.3. The van der Waals surface area contributed by atoms with Crippen LogP contribution >= 0.6 is 11.6 Å². The first-order valence-corrected chi connectivity index (χ1v) is 9.58. The Morgan fingerprint density at radius 2 is 1.72 bits per heavy atom. The van der Waals surface area contributed by atoms with Gasteiger partial charge in [-0.15, -0.1) is 0 Å². The van der Waals surface area contributed by atoms with Gasteiger partial charge in [0.2, 0.25) is 0 Å². The van der Waals surface area contributed by atoms with Crippen LogP contribution in [0.5, 0.6) is 0 Å². The van der Waals surface area contributed by atoms with Crippen LogP contribution in [-0.2, 0) is 4.79 Å². The molecule has 3 heterocycles. The van der Waals surface area contributed by atoms with E-state index < -0.39 is 5.41 Å². The maximum absolute atomic E-state index is 12.7. The number of carbonyl (C=O) groups is 1. The van der Waals surface area contributed by atoms with Crippen LogP contribution in [0.4, 0.5) is 17.3 Å². The number of benzene rings is 1. The monoisotopic (exact) mass is 405 g/mol. The van der Waals surface area contributed by atoms with Gasteiger partial charge in [-0.25, -0.2) is 9.97 Å². The number of aromatic nitrogens is 2. The molecule has 0 fully saturated rings. The number of nitrogens with one attached hydrogen (secondary N) is 1.